The number of ether oxygens (including phenoxy) is 2. The number of nitrogens with one attached hydrogen (secondary N) is 3. The first-order valence-corrected chi connectivity index (χ1v) is 28.5. The molecule has 1 heterocycles. The van der Waals surface area contributed by atoms with Gasteiger partial charge in [-0.1, -0.05) is 162 Å². The molecule has 0 saturated heterocycles. The number of nitrogens with zero attached hydrogens (tertiary/aromatic N) is 2. The summed E-state index contributed by atoms with van der Waals surface area (Å²) in [5.41, 5.74) is 0.770. The van der Waals surface area contributed by atoms with E-state index in [1.54, 1.807) is 12.5 Å². The number of carbonyl (C=O) groups excluding carboxylic acids is 4. The summed E-state index contributed by atoms with van der Waals surface area (Å²) >= 11 is 0. The fourth-order valence-corrected chi connectivity index (χ4v) is 8.99. The summed E-state index contributed by atoms with van der Waals surface area (Å²) in [4.78, 5) is 59.3. The third-order valence-corrected chi connectivity index (χ3v) is 13.2. The lowest BCUT2D eigenvalue weighted by Crippen LogP contribution is -2.47. The molecule has 1 aromatic rings. The molecule has 0 aliphatic heterocycles. The number of aromatic nitrogens is 2. The van der Waals surface area contributed by atoms with E-state index in [0.29, 0.717) is 45.4 Å². The number of rotatable bonds is 50. The summed E-state index contributed by atoms with van der Waals surface area (Å²) in [6.45, 7) is 11.5. The van der Waals surface area contributed by atoms with Gasteiger partial charge in [0.05, 0.1) is 19.0 Å². The van der Waals surface area contributed by atoms with Crippen LogP contribution in [0.15, 0.2) is 12.5 Å². The second-order valence-corrected chi connectivity index (χ2v) is 19.9. The van der Waals surface area contributed by atoms with Crippen LogP contribution in [0, 0.1) is 0 Å². The number of aliphatic hydroxyl groups excluding tert-OH is 1. The Morgan fingerprint density at radius 2 is 1.10 bits per heavy atom. The van der Waals surface area contributed by atoms with E-state index in [4.69, 9.17) is 9.47 Å². The fraction of sp³-hybridized carbons (Fsp3) is 0.875. The van der Waals surface area contributed by atoms with E-state index in [1.165, 1.54) is 116 Å². The maximum atomic E-state index is 12.9. The molecule has 0 radical (unpaired) electrons. The minimum absolute atomic E-state index is 0.0268. The van der Waals surface area contributed by atoms with Gasteiger partial charge in [-0.3, -0.25) is 19.2 Å². The molecule has 0 bridgehead atoms. The molecule has 396 valence electrons. The number of unbranched alkanes of at least 4 members (excludes halogenated alkanes) is 25. The molecule has 68 heavy (non-hydrogen) atoms. The molecular formula is C56H105N5O7. The molecule has 12 nitrogen and oxygen atoms in total. The van der Waals surface area contributed by atoms with Gasteiger partial charge in [0.1, 0.15) is 12.1 Å². The predicted octanol–water partition coefficient (Wildman–Crippen LogP) is 12.8. The van der Waals surface area contributed by atoms with Crippen LogP contribution in [0.5, 0.6) is 0 Å². The summed E-state index contributed by atoms with van der Waals surface area (Å²) in [6.07, 6.45) is 42.2. The number of aromatic amines is 1. The molecule has 0 aliphatic rings. The highest BCUT2D eigenvalue weighted by atomic mass is 16.5. The smallest absolute Gasteiger partial charge is 0.306 e. The molecule has 0 fully saturated rings. The van der Waals surface area contributed by atoms with Gasteiger partial charge >= 0.3 is 11.9 Å². The van der Waals surface area contributed by atoms with Gasteiger partial charge in [-0.25, -0.2) is 4.98 Å². The Morgan fingerprint density at radius 3 is 1.65 bits per heavy atom. The SMILES string of the molecule is CCCCCCCCCCCOC(=O)CCCCCN(CCCCCCCC(=O)OC(CCCCCCCC)CCCCCCCC)CC(O)CCCCNC(=O)[C@H](Cc1cnc[nH]1)NC(C)=O. The minimum atomic E-state index is -0.685. The maximum absolute atomic E-state index is 12.9. The Morgan fingerprint density at radius 1 is 0.618 bits per heavy atom. The van der Waals surface area contributed by atoms with Gasteiger partial charge in [0.15, 0.2) is 0 Å². The van der Waals surface area contributed by atoms with Gasteiger partial charge in [-0.15, -0.1) is 0 Å². The van der Waals surface area contributed by atoms with Crippen LogP contribution in [0.4, 0.5) is 0 Å². The van der Waals surface area contributed by atoms with Gasteiger partial charge in [-0.2, -0.15) is 0 Å². The lowest BCUT2D eigenvalue weighted by molar-refractivity contribution is -0.150. The number of H-pyrrole nitrogens is 1. The summed E-state index contributed by atoms with van der Waals surface area (Å²) in [7, 11) is 0. The van der Waals surface area contributed by atoms with E-state index in [1.807, 2.05) is 0 Å². The van der Waals surface area contributed by atoms with Crippen molar-refractivity contribution in [2.75, 3.05) is 32.8 Å². The van der Waals surface area contributed by atoms with E-state index in [0.717, 1.165) is 122 Å². The Labute approximate surface area is 416 Å². The summed E-state index contributed by atoms with van der Waals surface area (Å²) in [5.74, 6) is -0.621. The van der Waals surface area contributed by atoms with Crippen LogP contribution in [0.25, 0.3) is 0 Å². The number of hydrogen-bond donors (Lipinski definition) is 4. The van der Waals surface area contributed by atoms with Crippen LogP contribution in [0.3, 0.4) is 0 Å². The van der Waals surface area contributed by atoms with Crippen molar-refractivity contribution in [3.05, 3.63) is 18.2 Å². The minimum Gasteiger partial charge on any atom is -0.466 e. The lowest BCUT2D eigenvalue weighted by Gasteiger charge is -2.25. The number of aliphatic hydroxyl groups is 1. The molecule has 4 N–H and O–H groups in total. The van der Waals surface area contributed by atoms with E-state index in [2.05, 4.69) is 46.3 Å². The number of hydrogen-bond acceptors (Lipinski definition) is 9. The van der Waals surface area contributed by atoms with Gasteiger partial charge in [-0.05, 0) is 90.1 Å². The second-order valence-electron chi connectivity index (χ2n) is 19.9. The van der Waals surface area contributed by atoms with E-state index in [-0.39, 0.29) is 29.9 Å². The zero-order chi connectivity index (χ0) is 49.6. The zero-order valence-corrected chi connectivity index (χ0v) is 44.4. The van der Waals surface area contributed by atoms with Gasteiger partial charge in [0.2, 0.25) is 11.8 Å². The fourth-order valence-electron chi connectivity index (χ4n) is 8.99. The van der Waals surface area contributed by atoms with E-state index in [9.17, 15) is 24.3 Å². The van der Waals surface area contributed by atoms with Gasteiger partial charge < -0.3 is 35.1 Å². The largest absolute Gasteiger partial charge is 0.466 e. The molecule has 1 unspecified atom stereocenters. The molecule has 12 heteroatoms. The summed E-state index contributed by atoms with van der Waals surface area (Å²) in [6, 6.07) is -0.685. The first-order valence-electron chi connectivity index (χ1n) is 28.5. The van der Waals surface area contributed by atoms with Crippen LogP contribution in [-0.4, -0.2) is 94.8 Å². The maximum Gasteiger partial charge on any atom is 0.306 e. The van der Waals surface area contributed by atoms with Crippen LogP contribution < -0.4 is 10.6 Å². The second kappa shape index (κ2) is 46.4. The lowest BCUT2D eigenvalue weighted by atomic mass is 10.0. The molecule has 0 spiro atoms. The van der Waals surface area contributed by atoms with Crippen LogP contribution in [0.1, 0.15) is 265 Å². The molecule has 1 rings (SSSR count). The summed E-state index contributed by atoms with van der Waals surface area (Å²) < 4.78 is 11.6. The van der Waals surface area contributed by atoms with Crippen molar-refractivity contribution in [2.24, 2.45) is 0 Å². The summed E-state index contributed by atoms with van der Waals surface area (Å²) in [5, 5.41) is 16.8. The number of esters is 2. The van der Waals surface area contributed by atoms with Gasteiger partial charge in [0, 0.05) is 51.2 Å². The van der Waals surface area contributed by atoms with Crippen molar-refractivity contribution in [3.63, 3.8) is 0 Å². The highest BCUT2D eigenvalue weighted by Crippen LogP contribution is 2.19. The van der Waals surface area contributed by atoms with Crippen molar-refractivity contribution in [2.45, 2.75) is 284 Å². The van der Waals surface area contributed by atoms with Crippen LogP contribution in [0.2, 0.25) is 0 Å². The van der Waals surface area contributed by atoms with Crippen LogP contribution >= 0.6 is 0 Å². The van der Waals surface area contributed by atoms with Crippen molar-refractivity contribution >= 4 is 23.8 Å². The molecule has 2 amide bonds. The van der Waals surface area contributed by atoms with Crippen LogP contribution in [-0.2, 0) is 35.1 Å². The zero-order valence-electron chi connectivity index (χ0n) is 44.4. The van der Waals surface area contributed by atoms with Crippen molar-refractivity contribution < 1.29 is 33.8 Å². The molecule has 0 saturated carbocycles. The van der Waals surface area contributed by atoms with Crippen molar-refractivity contribution in [3.8, 4) is 0 Å². The Kier molecular flexibility index (Phi) is 43.0. The van der Waals surface area contributed by atoms with Crippen molar-refractivity contribution in [1.82, 2.24) is 25.5 Å². The molecule has 2 atom stereocenters. The monoisotopic (exact) mass is 960 g/mol. The number of amides is 2. The molecule has 0 aliphatic carbocycles. The average molecular weight is 960 g/mol. The van der Waals surface area contributed by atoms with Crippen molar-refractivity contribution in [1.29, 1.82) is 0 Å². The topological polar surface area (TPSA) is 163 Å². The van der Waals surface area contributed by atoms with E-state index < -0.39 is 12.1 Å². The molecular weight excluding hydrogens is 855 g/mol. The Bertz CT molecular complexity index is 1300. The highest BCUT2D eigenvalue weighted by Gasteiger charge is 2.21. The third-order valence-electron chi connectivity index (χ3n) is 13.2. The quantitative estimate of drug-likeness (QED) is 0.0368. The normalized spacial score (nSPS) is 12.4. The highest BCUT2D eigenvalue weighted by molar-refractivity contribution is 5.87. The first kappa shape index (κ1) is 63.0. The number of imidazole rings is 1. The Hall–Kier alpha value is -2.99. The first-order chi connectivity index (χ1) is 33.2. The average Bonchev–Trinajstić information content (AvgIpc) is 3.83. The number of carbonyl (C=O) groups is 4. The van der Waals surface area contributed by atoms with Gasteiger partial charge in [0.25, 0.3) is 0 Å². The standard InChI is InChI=1S/C56H105N5O7/c1-5-8-11-14-17-18-19-25-35-44-67-54(64)39-30-26-34-43-61(47-51(63)36-31-32-41-58-56(66)53(60-49(4)62)45-50-46-57-48-59-50)42-33-24-20-23-29-40-55(65)68-52(37-27-21-15-12-9-6-2)38-28-22-16-13-10-7-3/h46,48,51-53,63H,5-45,47H2,1-4H3,(H,57,59)(H,58,66)(H,60,62)/t51?,53-/m0/s1. The molecule has 0 aromatic carbocycles. The van der Waals surface area contributed by atoms with E-state index >= 15 is 0 Å². The molecule has 1 aromatic heterocycles. The Balaban J connectivity index is 2.50. The predicted molar refractivity (Wildman–Crippen MR) is 279 cm³/mol. The third kappa shape index (κ3) is 39.8.